The first-order valence-corrected chi connectivity index (χ1v) is 6.50. The molecule has 1 N–H and O–H groups in total. The van der Waals surface area contributed by atoms with Crippen molar-refractivity contribution in [2.24, 2.45) is 10.2 Å². The zero-order chi connectivity index (χ0) is 14.0. The van der Waals surface area contributed by atoms with Gasteiger partial charge >= 0.3 is 0 Å². The fourth-order valence-electron chi connectivity index (χ4n) is 1.23. The molecule has 1 aliphatic rings. The molecule has 0 aliphatic carbocycles. The number of carbonyl (C=O) groups is 1. The fraction of sp³-hybridized carbons (Fsp3) is 0.111. The molecular formula is C9H5ClN4O3S2. The molecule has 1 aromatic carbocycles. The summed E-state index contributed by atoms with van der Waals surface area (Å²) in [4.78, 5) is 21.3. The van der Waals surface area contributed by atoms with Crippen molar-refractivity contribution < 1.29 is 9.72 Å². The lowest BCUT2D eigenvalue weighted by Crippen LogP contribution is -2.22. The van der Waals surface area contributed by atoms with Crippen LogP contribution in [-0.2, 0) is 4.79 Å². The van der Waals surface area contributed by atoms with Gasteiger partial charge < -0.3 is 5.32 Å². The number of carbonyl (C=O) groups excluding carboxylic acids is 1. The molecule has 1 saturated heterocycles. The number of nitrogens with one attached hydrogen (secondary N) is 1. The Bertz CT molecular complexity index is 607. The van der Waals surface area contributed by atoms with Crippen molar-refractivity contribution in [1.29, 1.82) is 0 Å². The minimum Gasteiger partial charge on any atom is -0.309 e. The Balaban J connectivity index is 2.17. The number of thiocarbonyl (C=S) groups is 1. The minimum absolute atomic E-state index is 0.0870. The maximum atomic E-state index is 11.3. The van der Waals surface area contributed by atoms with E-state index in [-0.39, 0.29) is 22.3 Å². The van der Waals surface area contributed by atoms with Crippen molar-refractivity contribution in [2.45, 2.75) is 5.37 Å². The standard InChI is InChI=1S/C9H5ClN4O3S2/c10-5-3-4(14(16)17)1-2-6(5)12-13-8-7(15)11-9(18)19-8/h1-3,8H,(H,11,15,18). The number of halogens is 1. The number of non-ortho nitro benzene ring substituents is 1. The van der Waals surface area contributed by atoms with Crippen LogP contribution in [0.4, 0.5) is 11.4 Å². The largest absolute Gasteiger partial charge is 0.309 e. The van der Waals surface area contributed by atoms with Crippen LogP contribution in [0.2, 0.25) is 5.02 Å². The Morgan fingerprint density at radius 2 is 2.26 bits per heavy atom. The molecule has 1 unspecified atom stereocenters. The highest BCUT2D eigenvalue weighted by Gasteiger charge is 2.28. The van der Waals surface area contributed by atoms with E-state index in [2.05, 4.69) is 15.5 Å². The van der Waals surface area contributed by atoms with Gasteiger partial charge in [0.15, 0.2) is 0 Å². The monoisotopic (exact) mass is 316 g/mol. The van der Waals surface area contributed by atoms with Crippen molar-refractivity contribution in [3.8, 4) is 0 Å². The Morgan fingerprint density at radius 1 is 1.53 bits per heavy atom. The van der Waals surface area contributed by atoms with Gasteiger partial charge in [0.25, 0.3) is 11.6 Å². The van der Waals surface area contributed by atoms with E-state index in [1.54, 1.807) is 0 Å². The number of hydrogen-bond donors (Lipinski definition) is 1. The molecule has 0 saturated carbocycles. The smallest absolute Gasteiger partial charge is 0.271 e. The topological polar surface area (TPSA) is 97.0 Å². The Kier molecular flexibility index (Phi) is 4.08. The van der Waals surface area contributed by atoms with E-state index in [1.165, 1.54) is 18.2 Å². The van der Waals surface area contributed by atoms with E-state index in [9.17, 15) is 14.9 Å². The molecule has 10 heteroatoms. The second kappa shape index (κ2) is 5.59. The summed E-state index contributed by atoms with van der Waals surface area (Å²) >= 11 is 11.7. The minimum atomic E-state index is -0.751. The van der Waals surface area contributed by atoms with Gasteiger partial charge in [0.1, 0.15) is 10.0 Å². The quantitative estimate of drug-likeness (QED) is 0.400. The van der Waals surface area contributed by atoms with Gasteiger partial charge in [0.05, 0.1) is 9.95 Å². The number of nitro benzene ring substituents is 1. The van der Waals surface area contributed by atoms with Gasteiger partial charge in [-0.15, -0.1) is 0 Å². The number of rotatable bonds is 3. The summed E-state index contributed by atoms with van der Waals surface area (Å²) in [7, 11) is 0. The van der Waals surface area contributed by atoms with Gasteiger partial charge in [0, 0.05) is 12.1 Å². The summed E-state index contributed by atoms with van der Waals surface area (Å²) in [5.74, 6) is -0.350. The molecule has 1 heterocycles. The first-order chi connectivity index (χ1) is 8.97. The van der Waals surface area contributed by atoms with Crippen molar-refractivity contribution in [1.82, 2.24) is 5.32 Å². The highest BCUT2D eigenvalue weighted by atomic mass is 35.5. The highest BCUT2D eigenvalue weighted by molar-refractivity contribution is 8.24. The van der Waals surface area contributed by atoms with Crippen LogP contribution in [0.5, 0.6) is 0 Å². The van der Waals surface area contributed by atoms with Gasteiger partial charge in [-0.25, -0.2) is 0 Å². The van der Waals surface area contributed by atoms with E-state index in [0.717, 1.165) is 11.8 Å². The molecule has 1 fully saturated rings. The predicted molar refractivity (Wildman–Crippen MR) is 74.7 cm³/mol. The third kappa shape index (κ3) is 3.25. The summed E-state index contributed by atoms with van der Waals surface area (Å²) in [6, 6.07) is 3.79. The van der Waals surface area contributed by atoms with Crippen molar-refractivity contribution in [3.05, 3.63) is 33.3 Å². The van der Waals surface area contributed by atoms with Crippen molar-refractivity contribution in [2.75, 3.05) is 0 Å². The molecule has 0 bridgehead atoms. The summed E-state index contributed by atoms with van der Waals surface area (Å²) < 4.78 is 0.337. The molecular weight excluding hydrogens is 312 g/mol. The number of amides is 1. The van der Waals surface area contributed by atoms with Crippen LogP contribution >= 0.6 is 35.6 Å². The second-order valence-electron chi connectivity index (χ2n) is 3.36. The van der Waals surface area contributed by atoms with Gasteiger partial charge in [-0.2, -0.15) is 10.2 Å². The second-order valence-corrected chi connectivity index (χ2v) is 5.52. The summed E-state index contributed by atoms with van der Waals surface area (Å²) in [5, 5.41) is 19.9. The van der Waals surface area contributed by atoms with E-state index < -0.39 is 10.3 Å². The lowest BCUT2D eigenvalue weighted by Gasteiger charge is -1.98. The third-order valence-electron chi connectivity index (χ3n) is 2.08. The molecule has 1 atom stereocenters. The molecule has 1 amide bonds. The van der Waals surface area contributed by atoms with E-state index in [0.29, 0.717) is 4.32 Å². The van der Waals surface area contributed by atoms with Crippen LogP contribution in [0.1, 0.15) is 0 Å². The van der Waals surface area contributed by atoms with E-state index in [1.807, 2.05) is 0 Å². The van der Waals surface area contributed by atoms with Gasteiger partial charge in [-0.3, -0.25) is 14.9 Å². The van der Waals surface area contributed by atoms with Crippen LogP contribution in [0, 0.1) is 10.1 Å². The molecule has 2 rings (SSSR count). The van der Waals surface area contributed by atoms with Crippen LogP contribution in [0.25, 0.3) is 0 Å². The SMILES string of the molecule is O=C1NC(=S)SC1N=Nc1ccc([N+](=O)[O-])cc1Cl. The normalized spacial score (nSPS) is 18.9. The van der Waals surface area contributed by atoms with Crippen LogP contribution in [0.3, 0.4) is 0 Å². The summed E-state index contributed by atoms with van der Waals surface area (Å²) in [6.45, 7) is 0. The first-order valence-electron chi connectivity index (χ1n) is 4.83. The lowest BCUT2D eigenvalue weighted by atomic mass is 10.3. The molecule has 98 valence electrons. The fourth-order valence-corrected chi connectivity index (χ4v) is 2.44. The average molecular weight is 317 g/mol. The number of hydrogen-bond acceptors (Lipinski definition) is 7. The molecule has 0 radical (unpaired) electrons. The average Bonchev–Trinajstić information content (AvgIpc) is 2.66. The molecule has 1 aliphatic heterocycles. The van der Waals surface area contributed by atoms with Gasteiger partial charge in [-0.05, 0) is 6.07 Å². The summed E-state index contributed by atoms with van der Waals surface area (Å²) in [5.41, 5.74) is 0.108. The third-order valence-corrected chi connectivity index (χ3v) is 3.62. The molecule has 1 aromatic rings. The van der Waals surface area contributed by atoms with Crippen molar-refractivity contribution >= 4 is 57.2 Å². The highest BCUT2D eigenvalue weighted by Crippen LogP contribution is 2.30. The summed E-state index contributed by atoms with van der Waals surface area (Å²) in [6.07, 6.45) is 0. The maximum absolute atomic E-state index is 11.3. The van der Waals surface area contributed by atoms with Crippen LogP contribution in [0.15, 0.2) is 28.4 Å². The Morgan fingerprint density at radius 3 is 2.79 bits per heavy atom. The number of nitrogens with zero attached hydrogens (tertiary/aromatic N) is 3. The molecule has 0 aromatic heterocycles. The van der Waals surface area contributed by atoms with Crippen LogP contribution in [-0.4, -0.2) is 20.5 Å². The zero-order valence-electron chi connectivity index (χ0n) is 9.07. The number of nitro groups is 1. The number of benzene rings is 1. The van der Waals surface area contributed by atoms with E-state index >= 15 is 0 Å². The molecule has 7 nitrogen and oxygen atoms in total. The van der Waals surface area contributed by atoms with Gasteiger partial charge in [0.2, 0.25) is 5.37 Å². The lowest BCUT2D eigenvalue weighted by molar-refractivity contribution is -0.384. The molecule has 19 heavy (non-hydrogen) atoms. The maximum Gasteiger partial charge on any atom is 0.271 e. The van der Waals surface area contributed by atoms with E-state index in [4.69, 9.17) is 23.8 Å². The first kappa shape index (κ1) is 13.8. The molecule has 0 spiro atoms. The Labute approximate surface area is 121 Å². The number of azo groups is 1. The van der Waals surface area contributed by atoms with Crippen LogP contribution < -0.4 is 5.32 Å². The zero-order valence-corrected chi connectivity index (χ0v) is 11.5. The predicted octanol–water partition coefficient (Wildman–Crippen LogP) is 2.81. The van der Waals surface area contributed by atoms with Gasteiger partial charge in [-0.1, -0.05) is 35.6 Å². The van der Waals surface area contributed by atoms with Crippen molar-refractivity contribution in [3.63, 3.8) is 0 Å². The Hall–Kier alpha value is -1.58. The number of thioether (sulfide) groups is 1.